The quantitative estimate of drug-likeness (QED) is 0.325. The number of carbonyl (C=O) groups excluding carboxylic acids is 2. The van der Waals surface area contributed by atoms with Gasteiger partial charge in [0.1, 0.15) is 5.75 Å². The van der Waals surface area contributed by atoms with Gasteiger partial charge in [-0.05, 0) is 44.9 Å². The summed E-state index contributed by atoms with van der Waals surface area (Å²) < 4.78 is 6.30. The van der Waals surface area contributed by atoms with Crippen molar-refractivity contribution < 1.29 is 14.3 Å². The highest BCUT2D eigenvalue weighted by atomic mass is 79.9. The molecule has 0 aliphatic carbocycles. The van der Waals surface area contributed by atoms with Gasteiger partial charge in [-0.1, -0.05) is 36.4 Å². The maximum absolute atomic E-state index is 12.3. The number of ether oxygens (including phenoxy) is 1. The first-order valence-electron chi connectivity index (χ1n) is 9.54. The Morgan fingerprint density at radius 1 is 0.875 bits per heavy atom. The molecular weight excluding hydrogens is 480 g/mol. The van der Waals surface area contributed by atoms with Crippen LogP contribution in [-0.4, -0.2) is 35.2 Å². The topological polar surface area (TPSA) is 133 Å². The minimum absolute atomic E-state index is 0.0559. The van der Waals surface area contributed by atoms with E-state index in [2.05, 4.69) is 36.8 Å². The molecular formula is C22H17BrN4O5. The number of aromatic amines is 2. The summed E-state index contributed by atoms with van der Waals surface area (Å²) in [5.74, 6) is -0.548. The SMILES string of the molecule is O=C(COc1ccc2ccccc2c1Br)NCC(=O)Nc1cccc2c(=O)[nH][nH]c(=O)c12. The Hall–Kier alpha value is -3.92. The first-order valence-corrected chi connectivity index (χ1v) is 10.3. The van der Waals surface area contributed by atoms with Gasteiger partial charge in [0.25, 0.3) is 17.0 Å². The third-order valence-corrected chi connectivity index (χ3v) is 5.55. The molecule has 0 radical (unpaired) electrons. The van der Waals surface area contributed by atoms with Crippen molar-refractivity contribution in [3.05, 3.63) is 79.8 Å². The van der Waals surface area contributed by atoms with Crippen LogP contribution < -0.4 is 26.5 Å². The molecule has 0 fully saturated rings. The number of carbonyl (C=O) groups is 2. The molecule has 1 aromatic heterocycles. The maximum atomic E-state index is 12.3. The van der Waals surface area contributed by atoms with Crippen LogP contribution in [-0.2, 0) is 9.59 Å². The summed E-state index contributed by atoms with van der Waals surface area (Å²) in [7, 11) is 0. The highest BCUT2D eigenvalue weighted by Crippen LogP contribution is 2.32. The van der Waals surface area contributed by atoms with Gasteiger partial charge in [0.15, 0.2) is 6.61 Å². The zero-order chi connectivity index (χ0) is 22.7. The molecule has 0 aliphatic rings. The van der Waals surface area contributed by atoms with E-state index in [1.807, 2.05) is 30.3 Å². The third-order valence-electron chi connectivity index (χ3n) is 4.73. The Bertz CT molecular complexity index is 1460. The van der Waals surface area contributed by atoms with E-state index in [1.165, 1.54) is 12.1 Å². The van der Waals surface area contributed by atoms with Crippen molar-refractivity contribution >= 4 is 55.0 Å². The van der Waals surface area contributed by atoms with Crippen molar-refractivity contribution in [3.63, 3.8) is 0 Å². The van der Waals surface area contributed by atoms with Crippen LogP contribution >= 0.6 is 15.9 Å². The monoisotopic (exact) mass is 496 g/mol. The molecule has 0 saturated heterocycles. The van der Waals surface area contributed by atoms with Gasteiger partial charge in [-0.2, -0.15) is 0 Å². The number of rotatable bonds is 6. The molecule has 0 unspecified atom stereocenters. The number of fused-ring (bicyclic) bond motifs is 2. The standard InChI is InChI=1S/C22H17BrN4O5/c23-20-13-5-2-1-4-12(13)8-9-16(20)32-11-18(29)24-10-17(28)25-15-7-3-6-14-19(15)22(31)27-26-21(14)30/h1-9H,10-11H2,(H,24,29)(H,25,28)(H,26,30)(H,27,31). The van der Waals surface area contributed by atoms with Crippen LogP contribution in [0.5, 0.6) is 5.75 Å². The fraction of sp³-hybridized carbons (Fsp3) is 0.0909. The van der Waals surface area contributed by atoms with Crippen molar-refractivity contribution in [2.24, 2.45) is 0 Å². The van der Waals surface area contributed by atoms with Crippen LogP contribution in [0.4, 0.5) is 5.69 Å². The van der Waals surface area contributed by atoms with E-state index < -0.39 is 22.9 Å². The van der Waals surface area contributed by atoms with E-state index in [9.17, 15) is 19.2 Å². The van der Waals surface area contributed by atoms with E-state index in [1.54, 1.807) is 12.1 Å². The third kappa shape index (κ3) is 4.40. The number of anilines is 1. The van der Waals surface area contributed by atoms with Gasteiger partial charge in [-0.15, -0.1) is 0 Å². The first kappa shape index (κ1) is 21.3. The first-order chi connectivity index (χ1) is 15.4. The fourth-order valence-corrected chi connectivity index (χ4v) is 3.83. The Kier molecular flexibility index (Phi) is 6.04. The zero-order valence-electron chi connectivity index (χ0n) is 16.5. The minimum atomic E-state index is -0.558. The van der Waals surface area contributed by atoms with E-state index in [0.29, 0.717) is 5.75 Å². The molecule has 9 nitrogen and oxygen atoms in total. The van der Waals surface area contributed by atoms with Crippen LogP contribution in [0.15, 0.2) is 68.7 Å². The van der Waals surface area contributed by atoms with Gasteiger partial charge in [-0.3, -0.25) is 29.4 Å². The van der Waals surface area contributed by atoms with Crippen molar-refractivity contribution in [2.75, 3.05) is 18.5 Å². The number of amides is 2. The summed E-state index contributed by atoms with van der Waals surface area (Å²) in [6, 6.07) is 15.9. The molecule has 4 rings (SSSR count). The van der Waals surface area contributed by atoms with Gasteiger partial charge < -0.3 is 15.4 Å². The number of aromatic nitrogens is 2. The highest BCUT2D eigenvalue weighted by molar-refractivity contribution is 9.10. The summed E-state index contributed by atoms with van der Waals surface area (Å²) in [6.07, 6.45) is 0. The van der Waals surface area contributed by atoms with Crippen molar-refractivity contribution in [1.82, 2.24) is 15.5 Å². The summed E-state index contributed by atoms with van der Waals surface area (Å²) in [5, 5.41) is 11.6. The molecule has 0 saturated carbocycles. The molecule has 10 heteroatoms. The Morgan fingerprint density at radius 2 is 1.62 bits per heavy atom. The van der Waals surface area contributed by atoms with Crippen LogP contribution in [0.2, 0.25) is 0 Å². The summed E-state index contributed by atoms with van der Waals surface area (Å²) in [6.45, 7) is -0.619. The second-order valence-electron chi connectivity index (χ2n) is 6.85. The average molecular weight is 497 g/mol. The summed E-state index contributed by atoms with van der Waals surface area (Å²) in [5.41, 5.74) is -0.861. The number of halogens is 1. The zero-order valence-corrected chi connectivity index (χ0v) is 18.1. The van der Waals surface area contributed by atoms with E-state index >= 15 is 0 Å². The molecule has 0 bridgehead atoms. The summed E-state index contributed by atoms with van der Waals surface area (Å²) >= 11 is 3.49. The molecule has 4 aromatic rings. The number of nitrogens with one attached hydrogen (secondary N) is 4. The van der Waals surface area contributed by atoms with Gasteiger partial charge >= 0.3 is 0 Å². The molecule has 4 N–H and O–H groups in total. The maximum Gasteiger partial charge on any atom is 0.272 e. The van der Waals surface area contributed by atoms with Gasteiger partial charge in [0, 0.05) is 0 Å². The average Bonchev–Trinajstić information content (AvgIpc) is 2.80. The molecule has 1 heterocycles. The summed E-state index contributed by atoms with van der Waals surface area (Å²) in [4.78, 5) is 48.3. The fourth-order valence-electron chi connectivity index (χ4n) is 3.23. The Morgan fingerprint density at radius 3 is 2.47 bits per heavy atom. The lowest BCUT2D eigenvalue weighted by Gasteiger charge is -2.11. The molecule has 2 amide bonds. The molecule has 32 heavy (non-hydrogen) atoms. The van der Waals surface area contributed by atoms with E-state index in [0.717, 1.165) is 15.2 Å². The molecule has 0 aliphatic heterocycles. The lowest BCUT2D eigenvalue weighted by Crippen LogP contribution is -2.36. The largest absolute Gasteiger partial charge is 0.483 e. The van der Waals surface area contributed by atoms with Gasteiger partial charge in [0.2, 0.25) is 5.91 Å². The molecule has 3 aromatic carbocycles. The smallest absolute Gasteiger partial charge is 0.272 e. The number of benzene rings is 3. The molecule has 0 spiro atoms. The highest BCUT2D eigenvalue weighted by Gasteiger charge is 2.13. The molecule has 0 atom stereocenters. The van der Waals surface area contributed by atoms with Crippen molar-refractivity contribution in [3.8, 4) is 5.75 Å². The Labute approximate surface area is 188 Å². The minimum Gasteiger partial charge on any atom is -0.483 e. The Balaban J connectivity index is 1.36. The number of hydrogen-bond acceptors (Lipinski definition) is 5. The number of H-pyrrole nitrogens is 2. The molecule has 162 valence electrons. The van der Waals surface area contributed by atoms with Crippen LogP contribution in [0, 0.1) is 0 Å². The van der Waals surface area contributed by atoms with Crippen molar-refractivity contribution in [1.29, 1.82) is 0 Å². The van der Waals surface area contributed by atoms with Crippen molar-refractivity contribution in [2.45, 2.75) is 0 Å². The predicted molar refractivity (Wildman–Crippen MR) is 124 cm³/mol. The van der Waals surface area contributed by atoms with Gasteiger partial charge in [0.05, 0.1) is 27.5 Å². The second-order valence-corrected chi connectivity index (χ2v) is 7.64. The lowest BCUT2D eigenvalue weighted by atomic mass is 10.1. The van der Waals surface area contributed by atoms with Crippen LogP contribution in [0.3, 0.4) is 0 Å². The number of hydrogen-bond donors (Lipinski definition) is 4. The van der Waals surface area contributed by atoms with Gasteiger partial charge in [-0.25, -0.2) is 0 Å². The van der Waals surface area contributed by atoms with Crippen LogP contribution in [0.1, 0.15) is 0 Å². The normalized spacial score (nSPS) is 10.8. The predicted octanol–water partition coefficient (Wildman–Crippen LogP) is 2.27. The van der Waals surface area contributed by atoms with E-state index in [4.69, 9.17) is 4.74 Å². The lowest BCUT2D eigenvalue weighted by molar-refractivity contribution is -0.125. The van der Waals surface area contributed by atoms with Crippen LogP contribution in [0.25, 0.3) is 21.5 Å². The van der Waals surface area contributed by atoms with E-state index in [-0.39, 0.29) is 29.6 Å². The second kappa shape index (κ2) is 9.06.